The molecule has 1 N–H and O–H groups in total. The number of nitrogens with zero attached hydrogens (tertiary/aromatic N) is 2. The van der Waals surface area contributed by atoms with Gasteiger partial charge in [0.05, 0.1) is 12.7 Å². The van der Waals surface area contributed by atoms with Gasteiger partial charge in [0.1, 0.15) is 12.1 Å². The van der Waals surface area contributed by atoms with E-state index in [0.29, 0.717) is 16.7 Å². The third-order valence-corrected chi connectivity index (χ3v) is 2.67. The number of hydrogen-bond donors (Lipinski definition) is 1. The molecule has 0 aromatic carbocycles. The highest BCUT2D eigenvalue weighted by molar-refractivity contribution is 9.09. The average Bonchev–Trinajstić information content (AvgIpc) is 2.20. The maximum absolute atomic E-state index is 5.15. The Morgan fingerprint density at radius 2 is 2.12 bits per heavy atom. The van der Waals surface area contributed by atoms with Crippen LogP contribution in [-0.2, 0) is 0 Å². The Labute approximate surface area is 105 Å². The van der Waals surface area contributed by atoms with Gasteiger partial charge in [0.15, 0.2) is 0 Å². The van der Waals surface area contributed by atoms with Crippen LogP contribution < -0.4 is 10.1 Å². The summed E-state index contributed by atoms with van der Waals surface area (Å²) in [7, 11) is 1.61. The molecule has 0 bridgehead atoms. The Morgan fingerprint density at radius 1 is 1.44 bits per heavy atom. The Bertz CT molecular complexity index is 344. The lowest BCUT2D eigenvalue weighted by molar-refractivity contribution is 0.393. The van der Waals surface area contributed by atoms with Gasteiger partial charge in [-0.15, -0.1) is 0 Å². The van der Waals surface area contributed by atoms with Crippen LogP contribution in [0, 0.1) is 6.92 Å². The fourth-order valence-corrected chi connectivity index (χ4v) is 2.13. The van der Waals surface area contributed by atoms with E-state index in [-0.39, 0.29) is 0 Å². The van der Waals surface area contributed by atoms with Gasteiger partial charge in [-0.2, -0.15) is 0 Å². The molecule has 1 aromatic heterocycles. The minimum atomic E-state index is 0.354. The van der Waals surface area contributed by atoms with Gasteiger partial charge in [0.25, 0.3) is 0 Å². The summed E-state index contributed by atoms with van der Waals surface area (Å²) in [4.78, 5) is 8.74. The minimum Gasteiger partial charge on any atom is -0.481 e. The van der Waals surface area contributed by atoms with E-state index >= 15 is 0 Å². The topological polar surface area (TPSA) is 47.0 Å². The first-order valence-electron chi connectivity index (χ1n) is 5.30. The van der Waals surface area contributed by atoms with Crippen LogP contribution >= 0.6 is 15.9 Å². The summed E-state index contributed by atoms with van der Waals surface area (Å²) in [5.41, 5.74) is 0.944. The number of halogens is 1. The second kappa shape index (κ2) is 6.03. The van der Waals surface area contributed by atoms with E-state index in [1.807, 2.05) is 6.92 Å². The number of anilines is 1. The lowest BCUT2D eigenvalue weighted by atomic mass is 10.2. The van der Waals surface area contributed by atoms with Gasteiger partial charge >= 0.3 is 0 Å². The van der Waals surface area contributed by atoms with Crippen molar-refractivity contribution >= 4 is 21.7 Å². The van der Waals surface area contributed by atoms with Gasteiger partial charge in [-0.1, -0.05) is 22.9 Å². The molecule has 0 aliphatic heterocycles. The third kappa shape index (κ3) is 3.63. The standard InChI is InChI=1S/C11H18BrN3O/c1-7(12)5-8(2)15-10-9(3)11(16-4)14-6-13-10/h6-8H,5H2,1-4H3,(H,13,14,15). The fourth-order valence-electron chi connectivity index (χ4n) is 1.56. The molecular weight excluding hydrogens is 270 g/mol. The first-order valence-corrected chi connectivity index (χ1v) is 6.22. The number of rotatable bonds is 5. The lowest BCUT2D eigenvalue weighted by Crippen LogP contribution is -2.20. The molecule has 90 valence electrons. The molecule has 2 unspecified atom stereocenters. The van der Waals surface area contributed by atoms with Crippen LogP contribution in [0.5, 0.6) is 5.88 Å². The van der Waals surface area contributed by atoms with Crippen molar-refractivity contribution in [3.8, 4) is 5.88 Å². The molecule has 0 fully saturated rings. The van der Waals surface area contributed by atoms with E-state index in [4.69, 9.17) is 4.74 Å². The van der Waals surface area contributed by atoms with Crippen LogP contribution in [0.3, 0.4) is 0 Å². The predicted octanol–water partition coefficient (Wildman–Crippen LogP) is 2.77. The van der Waals surface area contributed by atoms with Crippen molar-refractivity contribution in [1.29, 1.82) is 0 Å². The van der Waals surface area contributed by atoms with Gasteiger partial charge in [0, 0.05) is 10.9 Å². The second-order valence-electron chi connectivity index (χ2n) is 3.92. The summed E-state index contributed by atoms with van der Waals surface area (Å²) in [5, 5.41) is 3.36. The Morgan fingerprint density at radius 3 is 2.69 bits per heavy atom. The Hall–Kier alpha value is -0.840. The first-order chi connectivity index (χ1) is 7.54. The largest absolute Gasteiger partial charge is 0.481 e. The Kier molecular flexibility index (Phi) is 4.99. The maximum Gasteiger partial charge on any atom is 0.221 e. The number of alkyl halides is 1. The van der Waals surface area contributed by atoms with Gasteiger partial charge in [0.2, 0.25) is 5.88 Å². The van der Waals surface area contributed by atoms with Crippen LogP contribution in [-0.4, -0.2) is 27.9 Å². The molecule has 4 nitrogen and oxygen atoms in total. The summed E-state index contributed by atoms with van der Waals surface area (Å²) in [6, 6.07) is 0.354. The quantitative estimate of drug-likeness (QED) is 0.846. The molecule has 16 heavy (non-hydrogen) atoms. The zero-order chi connectivity index (χ0) is 12.1. The SMILES string of the molecule is COc1ncnc(NC(C)CC(C)Br)c1C. The van der Waals surface area contributed by atoms with Crippen molar-refractivity contribution < 1.29 is 4.74 Å². The molecule has 5 heteroatoms. The molecular formula is C11H18BrN3O. The second-order valence-corrected chi connectivity index (χ2v) is 5.48. The summed E-state index contributed by atoms with van der Waals surface area (Å²) < 4.78 is 5.15. The van der Waals surface area contributed by atoms with Crippen molar-refractivity contribution in [2.24, 2.45) is 0 Å². The van der Waals surface area contributed by atoms with E-state index in [1.54, 1.807) is 7.11 Å². The minimum absolute atomic E-state index is 0.354. The van der Waals surface area contributed by atoms with E-state index in [9.17, 15) is 0 Å². The van der Waals surface area contributed by atoms with Crippen molar-refractivity contribution in [1.82, 2.24) is 9.97 Å². The summed E-state index contributed by atoms with van der Waals surface area (Å²) in [5.74, 6) is 1.46. The van der Waals surface area contributed by atoms with Crippen LogP contribution in [0.2, 0.25) is 0 Å². The van der Waals surface area contributed by atoms with E-state index in [2.05, 4.69) is 45.1 Å². The van der Waals surface area contributed by atoms with Crippen LogP contribution in [0.1, 0.15) is 25.8 Å². The Balaban J connectivity index is 2.73. The summed E-state index contributed by atoms with van der Waals surface area (Å²) >= 11 is 3.54. The van der Waals surface area contributed by atoms with Crippen molar-refractivity contribution in [2.45, 2.75) is 38.1 Å². The highest BCUT2D eigenvalue weighted by Crippen LogP contribution is 2.21. The van der Waals surface area contributed by atoms with Crippen LogP contribution in [0.25, 0.3) is 0 Å². The number of methoxy groups -OCH3 is 1. The van der Waals surface area contributed by atoms with Crippen molar-refractivity contribution in [3.63, 3.8) is 0 Å². The number of ether oxygens (including phenoxy) is 1. The van der Waals surface area contributed by atoms with Gasteiger partial charge in [-0.25, -0.2) is 9.97 Å². The molecule has 0 spiro atoms. The molecule has 0 aliphatic carbocycles. The fraction of sp³-hybridized carbons (Fsp3) is 0.636. The molecule has 0 amide bonds. The summed E-state index contributed by atoms with van der Waals surface area (Å²) in [6.07, 6.45) is 2.55. The first kappa shape index (κ1) is 13.2. The van der Waals surface area contributed by atoms with Gasteiger partial charge in [-0.05, 0) is 20.3 Å². The molecule has 0 saturated heterocycles. The number of hydrogen-bond acceptors (Lipinski definition) is 4. The zero-order valence-electron chi connectivity index (χ0n) is 10.1. The summed E-state index contributed by atoms with van der Waals surface area (Å²) in [6.45, 7) is 6.21. The maximum atomic E-state index is 5.15. The monoisotopic (exact) mass is 287 g/mol. The van der Waals surface area contributed by atoms with E-state index < -0.39 is 0 Å². The highest BCUT2D eigenvalue weighted by atomic mass is 79.9. The van der Waals surface area contributed by atoms with E-state index in [0.717, 1.165) is 17.8 Å². The third-order valence-electron chi connectivity index (χ3n) is 2.29. The molecule has 0 saturated carbocycles. The lowest BCUT2D eigenvalue weighted by Gasteiger charge is -2.17. The predicted molar refractivity (Wildman–Crippen MR) is 69.4 cm³/mol. The highest BCUT2D eigenvalue weighted by Gasteiger charge is 2.11. The van der Waals surface area contributed by atoms with E-state index in [1.165, 1.54) is 6.33 Å². The molecule has 1 heterocycles. The number of nitrogens with one attached hydrogen (secondary N) is 1. The zero-order valence-corrected chi connectivity index (χ0v) is 11.7. The van der Waals surface area contributed by atoms with Gasteiger partial charge in [-0.3, -0.25) is 0 Å². The van der Waals surface area contributed by atoms with Crippen LogP contribution in [0.15, 0.2) is 6.33 Å². The van der Waals surface area contributed by atoms with Crippen LogP contribution in [0.4, 0.5) is 5.82 Å². The normalized spacial score (nSPS) is 14.3. The smallest absolute Gasteiger partial charge is 0.221 e. The molecule has 0 radical (unpaired) electrons. The average molecular weight is 288 g/mol. The van der Waals surface area contributed by atoms with Gasteiger partial charge < -0.3 is 10.1 Å². The van der Waals surface area contributed by atoms with Crippen molar-refractivity contribution in [3.05, 3.63) is 11.9 Å². The molecule has 2 atom stereocenters. The molecule has 1 rings (SSSR count). The number of aromatic nitrogens is 2. The molecule has 0 aliphatic rings. The molecule has 1 aromatic rings. The van der Waals surface area contributed by atoms with Crippen molar-refractivity contribution in [2.75, 3.05) is 12.4 Å².